The maximum absolute atomic E-state index is 5.71. The minimum Gasteiger partial charge on any atom is -0.479 e. The molecule has 2 rings (SSSR count). The van der Waals surface area contributed by atoms with Crippen molar-refractivity contribution in [3.63, 3.8) is 0 Å². The van der Waals surface area contributed by atoms with Crippen molar-refractivity contribution in [2.24, 2.45) is 0 Å². The number of methoxy groups -OCH3 is 1. The Labute approximate surface area is 106 Å². The minimum absolute atomic E-state index is 0.472. The van der Waals surface area contributed by atoms with Crippen LogP contribution in [-0.2, 0) is 6.54 Å². The number of hydrogen-bond acceptors (Lipinski definition) is 5. The molecule has 0 aromatic carbocycles. The van der Waals surface area contributed by atoms with Crippen LogP contribution in [0.1, 0.15) is 19.1 Å². The lowest BCUT2D eigenvalue weighted by atomic mass is 10.3. The second-order valence-corrected chi connectivity index (χ2v) is 3.86. The van der Waals surface area contributed by atoms with Crippen LogP contribution in [0.5, 0.6) is 5.88 Å². The molecule has 0 saturated heterocycles. The summed E-state index contributed by atoms with van der Waals surface area (Å²) in [6.07, 6.45) is 4.32. The van der Waals surface area contributed by atoms with E-state index in [1.54, 1.807) is 19.5 Å². The van der Waals surface area contributed by atoms with Crippen LogP contribution in [0.25, 0.3) is 11.5 Å². The summed E-state index contributed by atoms with van der Waals surface area (Å²) in [7, 11) is 1.57. The van der Waals surface area contributed by atoms with Crippen molar-refractivity contribution in [3.05, 3.63) is 30.3 Å². The SMILES string of the molecule is CCCNCc1ccc(-c2nccnc2OC)o1. The molecule has 5 nitrogen and oxygen atoms in total. The second-order valence-electron chi connectivity index (χ2n) is 3.86. The van der Waals surface area contributed by atoms with Gasteiger partial charge in [-0.25, -0.2) is 9.97 Å². The summed E-state index contributed by atoms with van der Waals surface area (Å²) in [5.74, 6) is 2.03. The maximum atomic E-state index is 5.71. The molecule has 0 atom stereocenters. The third kappa shape index (κ3) is 2.87. The van der Waals surface area contributed by atoms with E-state index in [2.05, 4.69) is 22.2 Å². The van der Waals surface area contributed by atoms with Crippen molar-refractivity contribution in [2.45, 2.75) is 19.9 Å². The fraction of sp³-hybridized carbons (Fsp3) is 0.385. The molecule has 2 aromatic heterocycles. The van der Waals surface area contributed by atoms with E-state index in [0.717, 1.165) is 25.3 Å². The summed E-state index contributed by atoms with van der Waals surface area (Å²) in [4.78, 5) is 8.33. The van der Waals surface area contributed by atoms with Gasteiger partial charge in [-0.15, -0.1) is 0 Å². The average Bonchev–Trinajstić information content (AvgIpc) is 2.88. The van der Waals surface area contributed by atoms with Gasteiger partial charge in [0.1, 0.15) is 5.76 Å². The van der Waals surface area contributed by atoms with Gasteiger partial charge in [0.2, 0.25) is 5.88 Å². The van der Waals surface area contributed by atoms with Gasteiger partial charge in [-0.05, 0) is 25.1 Å². The predicted molar refractivity (Wildman–Crippen MR) is 68.3 cm³/mol. The zero-order valence-electron chi connectivity index (χ0n) is 10.6. The Hall–Kier alpha value is -1.88. The lowest BCUT2D eigenvalue weighted by Crippen LogP contribution is -2.12. The van der Waals surface area contributed by atoms with Crippen LogP contribution in [0, 0.1) is 0 Å². The molecule has 0 spiro atoms. The van der Waals surface area contributed by atoms with Crippen LogP contribution in [0.15, 0.2) is 28.9 Å². The number of nitrogens with one attached hydrogen (secondary N) is 1. The van der Waals surface area contributed by atoms with Crippen LogP contribution < -0.4 is 10.1 Å². The van der Waals surface area contributed by atoms with Crippen LogP contribution in [0.3, 0.4) is 0 Å². The third-order valence-electron chi connectivity index (χ3n) is 2.48. The molecule has 0 bridgehead atoms. The highest BCUT2D eigenvalue weighted by atomic mass is 16.5. The Balaban J connectivity index is 2.13. The van der Waals surface area contributed by atoms with Gasteiger partial charge in [0, 0.05) is 12.4 Å². The molecule has 0 saturated carbocycles. The van der Waals surface area contributed by atoms with Crippen molar-refractivity contribution in [2.75, 3.05) is 13.7 Å². The van der Waals surface area contributed by atoms with Crippen LogP contribution in [-0.4, -0.2) is 23.6 Å². The Morgan fingerprint density at radius 2 is 2.11 bits per heavy atom. The monoisotopic (exact) mass is 247 g/mol. The summed E-state index contributed by atoms with van der Waals surface area (Å²) in [6, 6.07) is 3.82. The molecule has 2 aromatic rings. The van der Waals surface area contributed by atoms with Crippen LogP contribution >= 0.6 is 0 Å². The van der Waals surface area contributed by atoms with Crippen LogP contribution in [0.4, 0.5) is 0 Å². The van der Waals surface area contributed by atoms with Gasteiger partial charge in [-0.1, -0.05) is 6.92 Å². The Morgan fingerprint density at radius 3 is 2.89 bits per heavy atom. The fourth-order valence-corrected chi connectivity index (χ4v) is 1.63. The zero-order valence-corrected chi connectivity index (χ0v) is 10.6. The van der Waals surface area contributed by atoms with Gasteiger partial charge in [0.15, 0.2) is 11.5 Å². The zero-order chi connectivity index (χ0) is 12.8. The molecule has 0 aliphatic carbocycles. The first-order valence-corrected chi connectivity index (χ1v) is 6.00. The van der Waals surface area contributed by atoms with Gasteiger partial charge in [-0.3, -0.25) is 0 Å². The van der Waals surface area contributed by atoms with E-state index < -0.39 is 0 Å². The number of nitrogens with zero attached hydrogens (tertiary/aromatic N) is 2. The molecule has 1 N–H and O–H groups in total. The Morgan fingerprint density at radius 1 is 1.28 bits per heavy atom. The number of ether oxygens (including phenoxy) is 1. The van der Waals surface area contributed by atoms with Gasteiger partial charge in [0.25, 0.3) is 0 Å². The van der Waals surface area contributed by atoms with E-state index in [4.69, 9.17) is 9.15 Å². The summed E-state index contributed by atoms with van der Waals surface area (Å²) in [5, 5.41) is 3.28. The summed E-state index contributed by atoms with van der Waals surface area (Å²) >= 11 is 0. The molecule has 0 amide bonds. The van der Waals surface area contributed by atoms with E-state index in [9.17, 15) is 0 Å². The maximum Gasteiger partial charge on any atom is 0.243 e. The highest BCUT2D eigenvalue weighted by Gasteiger charge is 2.12. The number of hydrogen-bond donors (Lipinski definition) is 1. The van der Waals surface area contributed by atoms with Crippen molar-refractivity contribution in [1.82, 2.24) is 15.3 Å². The molecular formula is C13H17N3O2. The largest absolute Gasteiger partial charge is 0.479 e. The molecule has 5 heteroatoms. The molecule has 0 aliphatic heterocycles. The number of rotatable bonds is 6. The quantitative estimate of drug-likeness (QED) is 0.793. The smallest absolute Gasteiger partial charge is 0.243 e. The second kappa shape index (κ2) is 6.16. The fourth-order valence-electron chi connectivity index (χ4n) is 1.63. The average molecular weight is 247 g/mol. The van der Waals surface area contributed by atoms with Gasteiger partial charge < -0.3 is 14.5 Å². The summed E-state index contributed by atoms with van der Waals surface area (Å²) in [6.45, 7) is 3.83. The van der Waals surface area contributed by atoms with E-state index in [1.807, 2.05) is 12.1 Å². The Kier molecular flexibility index (Phi) is 4.30. The molecule has 0 aliphatic rings. The number of furan rings is 1. The topological polar surface area (TPSA) is 60.2 Å². The van der Waals surface area contributed by atoms with Gasteiger partial charge in [0.05, 0.1) is 13.7 Å². The first kappa shape index (κ1) is 12.6. The van der Waals surface area contributed by atoms with Gasteiger partial charge in [-0.2, -0.15) is 0 Å². The standard InChI is InChI=1S/C13H17N3O2/c1-3-6-14-9-10-4-5-11(18-10)12-13(17-2)16-8-7-15-12/h4-5,7-8,14H,3,6,9H2,1-2H3. The molecule has 0 radical (unpaired) electrons. The van der Waals surface area contributed by atoms with E-state index >= 15 is 0 Å². The summed E-state index contributed by atoms with van der Waals surface area (Å²) < 4.78 is 10.9. The predicted octanol–water partition coefficient (Wildman–Crippen LogP) is 2.24. The molecule has 18 heavy (non-hydrogen) atoms. The van der Waals surface area contributed by atoms with E-state index in [0.29, 0.717) is 17.3 Å². The first-order chi connectivity index (χ1) is 8.85. The molecule has 0 fully saturated rings. The molecule has 96 valence electrons. The lowest BCUT2D eigenvalue weighted by molar-refractivity contribution is 0.395. The Bertz CT molecular complexity index is 496. The molecule has 0 unspecified atom stereocenters. The van der Waals surface area contributed by atoms with Crippen molar-refractivity contribution >= 4 is 0 Å². The normalized spacial score (nSPS) is 10.6. The van der Waals surface area contributed by atoms with Crippen molar-refractivity contribution in [1.29, 1.82) is 0 Å². The first-order valence-electron chi connectivity index (χ1n) is 6.00. The number of aromatic nitrogens is 2. The van der Waals surface area contributed by atoms with Crippen molar-refractivity contribution < 1.29 is 9.15 Å². The van der Waals surface area contributed by atoms with Crippen molar-refractivity contribution in [3.8, 4) is 17.3 Å². The van der Waals surface area contributed by atoms with Crippen LogP contribution in [0.2, 0.25) is 0 Å². The summed E-state index contributed by atoms with van der Waals surface area (Å²) in [5.41, 5.74) is 0.627. The molecule has 2 heterocycles. The molecular weight excluding hydrogens is 230 g/mol. The lowest BCUT2D eigenvalue weighted by Gasteiger charge is -2.03. The minimum atomic E-state index is 0.472. The van der Waals surface area contributed by atoms with E-state index in [-0.39, 0.29) is 0 Å². The third-order valence-corrected chi connectivity index (χ3v) is 2.48. The van der Waals surface area contributed by atoms with Gasteiger partial charge >= 0.3 is 0 Å². The highest BCUT2D eigenvalue weighted by molar-refractivity contribution is 5.58. The van der Waals surface area contributed by atoms with E-state index in [1.165, 1.54) is 0 Å². The highest BCUT2D eigenvalue weighted by Crippen LogP contribution is 2.26.